The fourth-order valence-electron chi connectivity index (χ4n) is 8.87. The molecule has 2 bridgehead atoms. The molecule has 2 aliphatic rings. The Morgan fingerprint density at radius 3 is 1.56 bits per heavy atom. The van der Waals surface area contributed by atoms with Crippen molar-refractivity contribution in [2.45, 2.75) is 77.4 Å². The number of aryl methyl sites for hydroxylation is 1. The molecule has 2 heterocycles. The van der Waals surface area contributed by atoms with E-state index in [9.17, 15) is 5.11 Å². The zero-order valence-corrected chi connectivity index (χ0v) is 31.0. The van der Waals surface area contributed by atoms with E-state index in [-0.39, 0.29) is 0 Å². The summed E-state index contributed by atoms with van der Waals surface area (Å²) < 4.78 is 1.62. The van der Waals surface area contributed by atoms with Crippen LogP contribution in [0.5, 0.6) is 0 Å². The fourth-order valence-corrected chi connectivity index (χ4v) is 13.8. The molecule has 4 heteroatoms. The van der Waals surface area contributed by atoms with Crippen LogP contribution in [0, 0.1) is 6.92 Å². The van der Waals surface area contributed by atoms with Crippen LogP contribution in [0.1, 0.15) is 54.0 Å². The molecule has 0 aliphatic carbocycles. The molecule has 4 aromatic rings. The first-order chi connectivity index (χ1) is 21.6. The monoisotopic (exact) mass is 708 g/mol. The standard InChI is InChI=1S/C38H43N2O.3CH3.Sn/c1-3-4-24-38(41)36(34-20-10-6-11-21-34)27-39(25-32-17-8-5-9-18-32)28-37(38,35-22-12-7-13-23-35)30-40(29-36)26-33-19-15-14-16-31(33)2;;;;/h5-17,19-23,41H,3-4,24-30H2,1-2H3;3*1H3;/t36-,37?,38?;;;;/m0..../s1. The maximum atomic E-state index is 13.8. The molecule has 3 nitrogen and oxygen atoms in total. The van der Waals surface area contributed by atoms with Gasteiger partial charge in [-0.15, -0.1) is 0 Å². The summed E-state index contributed by atoms with van der Waals surface area (Å²) in [6, 6.07) is 40.2. The molecule has 0 amide bonds. The van der Waals surface area contributed by atoms with E-state index in [4.69, 9.17) is 0 Å². The van der Waals surface area contributed by atoms with Crippen LogP contribution >= 0.6 is 0 Å². The van der Waals surface area contributed by atoms with Gasteiger partial charge in [0, 0.05) is 0 Å². The van der Waals surface area contributed by atoms with Gasteiger partial charge in [-0.2, -0.15) is 0 Å². The predicted molar refractivity (Wildman–Crippen MR) is 192 cm³/mol. The number of hydrogen-bond acceptors (Lipinski definition) is 3. The third-order valence-electron chi connectivity index (χ3n) is 11.0. The normalized spacial score (nSPS) is 25.7. The van der Waals surface area contributed by atoms with Crippen molar-refractivity contribution in [1.82, 2.24) is 9.80 Å². The second-order valence-electron chi connectivity index (χ2n) is 15.0. The number of likely N-dealkylation sites (tertiary alicyclic amines) is 2. The molecule has 0 aromatic heterocycles. The molecule has 3 atom stereocenters. The van der Waals surface area contributed by atoms with Crippen molar-refractivity contribution in [3.8, 4) is 0 Å². The van der Waals surface area contributed by atoms with E-state index >= 15 is 0 Å². The van der Waals surface area contributed by atoms with Crippen molar-refractivity contribution in [3.63, 3.8) is 0 Å². The summed E-state index contributed by atoms with van der Waals surface area (Å²) in [6.45, 7) is 9.65. The van der Waals surface area contributed by atoms with Crippen molar-refractivity contribution < 1.29 is 5.11 Å². The Balaban J connectivity index is 1.56. The van der Waals surface area contributed by atoms with Gasteiger partial charge in [0.2, 0.25) is 0 Å². The maximum absolute atomic E-state index is 13.8. The van der Waals surface area contributed by atoms with Gasteiger partial charge in [-0.05, 0) is 0 Å². The van der Waals surface area contributed by atoms with Crippen LogP contribution in [0.3, 0.4) is 0 Å². The van der Waals surface area contributed by atoms with Gasteiger partial charge >= 0.3 is 271 Å². The Morgan fingerprint density at radius 1 is 0.622 bits per heavy atom. The van der Waals surface area contributed by atoms with Crippen LogP contribution < -0.4 is 3.58 Å². The molecule has 0 saturated carbocycles. The van der Waals surface area contributed by atoms with Crippen molar-refractivity contribution >= 4 is 22.0 Å². The zero-order chi connectivity index (χ0) is 31.7. The number of nitrogens with zero attached hydrogens (tertiary/aromatic N) is 2. The van der Waals surface area contributed by atoms with E-state index in [0.717, 1.165) is 58.5 Å². The van der Waals surface area contributed by atoms with E-state index in [1.54, 1.807) is 3.58 Å². The quantitative estimate of drug-likeness (QED) is 0.172. The van der Waals surface area contributed by atoms with Gasteiger partial charge in [-0.25, -0.2) is 0 Å². The Kier molecular flexibility index (Phi) is 9.38. The van der Waals surface area contributed by atoms with Crippen LogP contribution in [-0.2, 0) is 23.9 Å². The van der Waals surface area contributed by atoms with E-state index in [0.29, 0.717) is 0 Å². The first-order valence-electron chi connectivity index (χ1n) is 17.0. The molecule has 6 rings (SSSR count). The van der Waals surface area contributed by atoms with Crippen LogP contribution in [0.4, 0.5) is 0 Å². The van der Waals surface area contributed by atoms with Gasteiger partial charge in [0.05, 0.1) is 0 Å². The van der Waals surface area contributed by atoms with Crippen molar-refractivity contribution in [1.29, 1.82) is 0 Å². The molecule has 0 radical (unpaired) electrons. The second kappa shape index (κ2) is 13.0. The molecule has 1 N–H and O–H groups in total. The van der Waals surface area contributed by atoms with Crippen LogP contribution in [0.25, 0.3) is 0 Å². The summed E-state index contributed by atoms with van der Waals surface area (Å²) in [5.41, 5.74) is 4.92. The summed E-state index contributed by atoms with van der Waals surface area (Å²) in [6.07, 6.45) is 2.88. The van der Waals surface area contributed by atoms with E-state index < -0.39 is 34.8 Å². The average molecular weight is 708 g/mol. The van der Waals surface area contributed by atoms with Crippen LogP contribution in [-0.4, -0.2) is 65.1 Å². The summed E-state index contributed by atoms with van der Waals surface area (Å²) in [5, 5.41) is 13.8. The van der Waals surface area contributed by atoms with Crippen molar-refractivity contribution in [3.05, 3.63) is 137 Å². The number of rotatable bonds is 10. The Labute approximate surface area is 276 Å². The molecule has 2 aliphatic heterocycles. The summed E-state index contributed by atoms with van der Waals surface area (Å²) in [4.78, 5) is 13.0. The minimum absolute atomic E-state index is 0.460. The fraction of sp³-hybridized carbons (Fsp3) is 0.415. The number of unbranched alkanes of at least 4 members (excludes halogenated alkanes) is 1. The molecule has 4 aromatic carbocycles. The summed E-state index contributed by atoms with van der Waals surface area (Å²) in [5.74, 6) is 0. The third-order valence-corrected chi connectivity index (χ3v) is 17.0. The van der Waals surface area contributed by atoms with Gasteiger partial charge < -0.3 is 0 Å². The molecule has 2 fully saturated rings. The van der Waals surface area contributed by atoms with E-state index in [2.05, 4.69) is 148 Å². The Bertz CT molecular complexity index is 1520. The van der Waals surface area contributed by atoms with Gasteiger partial charge in [-0.3, -0.25) is 0 Å². The number of piperidine rings is 2. The van der Waals surface area contributed by atoms with Crippen molar-refractivity contribution in [2.24, 2.45) is 0 Å². The van der Waals surface area contributed by atoms with Gasteiger partial charge in [-0.1, -0.05) is 6.07 Å². The first kappa shape index (κ1) is 32.5. The molecule has 2 saturated heterocycles. The summed E-state index contributed by atoms with van der Waals surface area (Å²) >= 11 is -2.37. The SMILES string of the molecule is CCCCC1(O)C2(c3ccccc3)CN(Cc3ccccc3C)C[C@]1(c1ccccc1)CN(Cc1cccc[c]1[Sn]([CH3])([CH3])[CH3])C2. The number of benzene rings is 4. The van der Waals surface area contributed by atoms with Gasteiger partial charge in [0.25, 0.3) is 0 Å². The zero-order valence-electron chi connectivity index (χ0n) is 28.1. The van der Waals surface area contributed by atoms with Crippen LogP contribution in [0.15, 0.2) is 109 Å². The van der Waals surface area contributed by atoms with Gasteiger partial charge in [0.1, 0.15) is 0 Å². The van der Waals surface area contributed by atoms with Crippen molar-refractivity contribution in [2.75, 3.05) is 26.2 Å². The number of fused-ring (bicyclic) bond motifs is 2. The minimum atomic E-state index is -2.37. The molecule has 45 heavy (non-hydrogen) atoms. The molecule has 236 valence electrons. The van der Waals surface area contributed by atoms with E-state index in [1.807, 2.05) is 0 Å². The molecule has 2 unspecified atom stereocenters. The van der Waals surface area contributed by atoms with E-state index in [1.165, 1.54) is 27.8 Å². The van der Waals surface area contributed by atoms with Crippen LogP contribution in [0.2, 0.25) is 14.8 Å². The van der Waals surface area contributed by atoms with Gasteiger partial charge in [0.15, 0.2) is 0 Å². The Morgan fingerprint density at radius 2 is 1.07 bits per heavy atom. The third kappa shape index (κ3) is 5.95. The number of aliphatic hydroxyl groups is 1. The molecular formula is C41H52N2OSn. The average Bonchev–Trinajstić information content (AvgIpc) is 3.03. The molecule has 0 spiro atoms. The summed E-state index contributed by atoms with van der Waals surface area (Å²) in [7, 11) is 0. The Hall–Kier alpha value is -2.44. The second-order valence-corrected chi connectivity index (χ2v) is 29.4. The first-order valence-corrected chi connectivity index (χ1v) is 27.0. The number of hydrogen-bond donors (Lipinski definition) is 1. The topological polar surface area (TPSA) is 26.7 Å². The predicted octanol–water partition coefficient (Wildman–Crippen LogP) is 7.67. The molecular weight excluding hydrogens is 655 g/mol.